The van der Waals surface area contributed by atoms with Crippen LogP contribution in [0.4, 0.5) is 34.1 Å². The molecule has 0 fully saturated rings. The lowest BCUT2D eigenvalue weighted by atomic mass is 9.65. The zero-order chi connectivity index (χ0) is 50.4. The number of allylic oxidation sites excluding steroid dienone is 2. The Balaban J connectivity index is 1.14. The largest absolute Gasteiger partial charge is 0.512 e. The van der Waals surface area contributed by atoms with Gasteiger partial charge in [-0.1, -0.05) is 189 Å². The molecule has 0 amide bonds. The molecule has 0 aliphatic carbocycles. The third kappa shape index (κ3) is 9.58. The molecule has 2 heterocycles. The Morgan fingerprint density at radius 1 is 0.528 bits per heavy atom. The molecule has 2 aliphatic heterocycles. The van der Waals surface area contributed by atoms with E-state index in [-0.39, 0.29) is 22.4 Å². The molecule has 0 bridgehead atoms. The maximum absolute atomic E-state index is 12.2. The van der Waals surface area contributed by atoms with Crippen LogP contribution in [0.2, 0.25) is 0 Å². The second-order valence-electron chi connectivity index (χ2n) is 21.0. The number of hydrogen-bond donors (Lipinski definition) is 1. The van der Waals surface area contributed by atoms with E-state index < -0.39 is 0 Å². The Morgan fingerprint density at radius 3 is 1.32 bits per heavy atom. The van der Waals surface area contributed by atoms with Gasteiger partial charge in [-0.25, -0.2) is 0 Å². The number of nitrogens with zero attached hydrogens (tertiary/aromatic N) is 2. The highest BCUT2D eigenvalue weighted by Crippen LogP contribution is 2.59. The van der Waals surface area contributed by atoms with Crippen LogP contribution in [0.3, 0.4) is 0 Å². The van der Waals surface area contributed by atoms with Crippen molar-refractivity contribution in [2.24, 2.45) is 0 Å². The van der Waals surface area contributed by atoms with Gasteiger partial charge in [-0.2, -0.15) is 0 Å². The van der Waals surface area contributed by atoms with Gasteiger partial charge in [-0.15, -0.1) is 0 Å². The number of anilines is 6. The van der Waals surface area contributed by atoms with Gasteiger partial charge in [0.05, 0.1) is 28.5 Å². The van der Waals surface area contributed by atoms with E-state index in [0.29, 0.717) is 24.7 Å². The van der Waals surface area contributed by atoms with Gasteiger partial charge in [-0.3, -0.25) is 4.79 Å². The van der Waals surface area contributed by atoms with Crippen molar-refractivity contribution >= 4 is 39.9 Å². The molecule has 7 aromatic rings. The topological polar surface area (TPSA) is 43.8 Å². The number of carbonyl (C=O) groups is 1. The van der Waals surface area contributed by atoms with Gasteiger partial charge in [0, 0.05) is 34.7 Å². The molecule has 7 aromatic carbocycles. The number of para-hydroxylation sites is 4. The molecule has 370 valence electrons. The number of benzene rings is 7. The molecule has 0 saturated carbocycles. The van der Waals surface area contributed by atoms with Crippen molar-refractivity contribution in [3.05, 3.63) is 215 Å². The molecular weight excluding hydrogens is 877 g/mol. The Bertz CT molecular complexity index is 2770. The molecule has 9 rings (SSSR count). The van der Waals surface area contributed by atoms with Crippen molar-refractivity contribution in [3.63, 3.8) is 0 Å². The number of ketones is 1. The SMILES string of the molecule is CCCC1(CCC)c2ccccc2N(c2cc(-c3ccc(C(C)CC(CC)c4ccc(CCC(=O)/C=C(/C)O)cc4)cc3)cc(N3c4ccccc4C(CCC)(CCC)c4ccccc43)c2)c2ccccc21. The third-order valence-corrected chi connectivity index (χ3v) is 16.2. The minimum atomic E-state index is -0.0626. The predicted octanol–water partition coefficient (Wildman–Crippen LogP) is 19.3. The van der Waals surface area contributed by atoms with Gasteiger partial charge < -0.3 is 14.9 Å². The summed E-state index contributed by atoms with van der Waals surface area (Å²) in [4.78, 5) is 17.3. The molecule has 2 unspecified atom stereocenters. The van der Waals surface area contributed by atoms with E-state index in [4.69, 9.17) is 0 Å². The summed E-state index contributed by atoms with van der Waals surface area (Å²) in [5.41, 5.74) is 19.2. The lowest BCUT2D eigenvalue weighted by Gasteiger charge is -2.47. The number of carbonyl (C=O) groups excluding carboxylic acids is 1. The summed E-state index contributed by atoms with van der Waals surface area (Å²) in [6, 6.07) is 62.7. The summed E-state index contributed by atoms with van der Waals surface area (Å²) in [5.74, 6) is 0.794. The fraction of sp³-hybridized carbons (Fsp3) is 0.338. The van der Waals surface area contributed by atoms with Crippen molar-refractivity contribution in [2.75, 3.05) is 9.80 Å². The summed E-state index contributed by atoms with van der Waals surface area (Å²) < 4.78 is 0. The van der Waals surface area contributed by atoms with E-state index in [1.807, 2.05) is 0 Å². The smallest absolute Gasteiger partial charge is 0.159 e. The summed E-state index contributed by atoms with van der Waals surface area (Å²) in [6.45, 7) is 15.6. The summed E-state index contributed by atoms with van der Waals surface area (Å²) in [7, 11) is 0. The van der Waals surface area contributed by atoms with Crippen LogP contribution in [0.5, 0.6) is 0 Å². The normalized spacial score (nSPS) is 15.2. The summed E-state index contributed by atoms with van der Waals surface area (Å²) >= 11 is 0. The first-order valence-electron chi connectivity index (χ1n) is 27.3. The second-order valence-corrected chi connectivity index (χ2v) is 21.0. The lowest BCUT2D eigenvalue weighted by Crippen LogP contribution is -2.36. The van der Waals surface area contributed by atoms with Gasteiger partial charge in [0.25, 0.3) is 0 Å². The van der Waals surface area contributed by atoms with Crippen molar-refractivity contribution in [1.29, 1.82) is 0 Å². The van der Waals surface area contributed by atoms with Crippen LogP contribution in [0.15, 0.2) is 176 Å². The first-order valence-corrected chi connectivity index (χ1v) is 27.3. The van der Waals surface area contributed by atoms with E-state index in [9.17, 15) is 9.90 Å². The summed E-state index contributed by atoms with van der Waals surface area (Å²) in [6.07, 6.45) is 13.4. The van der Waals surface area contributed by atoms with Crippen LogP contribution in [-0.4, -0.2) is 10.9 Å². The number of aliphatic hydroxyl groups is 1. The van der Waals surface area contributed by atoms with Crippen LogP contribution < -0.4 is 9.80 Å². The van der Waals surface area contributed by atoms with Crippen molar-refractivity contribution < 1.29 is 9.90 Å². The first-order chi connectivity index (χ1) is 35.1. The molecule has 1 N–H and O–H groups in total. The Labute approximate surface area is 431 Å². The molecule has 4 nitrogen and oxygen atoms in total. The molecular formula is C68H76N2O2. The zero-order valence-corrected chi connectivity index (χ0v) is 44.1. The Kier molecular flexibility index (Phi) is 15.4. The molecule has 2 atom stereocenters. The number of aliphatic hydroxyl groups excluding tert-OH is 1. The predicted molar refractivity (Wildman–Crippen MR) is 305 cm³/mol. The van der Waals surface area contributed by atoms with Gasteiger partial charge in [0.2, 0.25) is 0 Å². The third-order valence-electron chi connectivity index (χ3n) is 16.2. The van der Waals surface area contributed by atoms with Gasteiger partial charge >= 0.3 is 0 Å². The Hall–Kier alpha value is -6.65. The standard InChI is InChI=1S/C68H76N2O2/c1-8-39-67(40-9-2)59-21-13-17-25-63(59)69(64-26-18-14-22-60(64)67)56-45-55(46-57(47-56)70-65-27-19-15-23-61(65)68(41-10-3,42-11-4)62-24-16-20-28-66(62)70)54-36-34-52(35-37-54)48(6)43-51(12-5)53-32-29-50(30-33-53)31-38-58(72)44-49(7)71/h13-30,32-37,44-48,51,71H,8-12,31,38-43H2,1-7H3/b49-44-. The minimum absolute atomic E-state index is 0.0443. The minimum Gasteiger partial charge on any atom is -0.512 e. The highest BCUT2D eigenvalue weighted by Gasteiger charge is 2.44. The van der Waals surface area contributed by atoms with E-state index in [1.54, 1.807) is 0 Å². The average molecular weight is 953 g/mol. The summed E-state index contributed by atoms with van der Waals surface area (Å²) in [5, 5.41) is 9.50. The monoisotopic (exact) mass is 953 g/mol. The molecule has 0 radical (unpaired) electrons. The molecule has 0 spiro atoms. The molecule has 72 heavy (non-hydrogen) atoms. The molecule has 0 aromatic heterocycles. The molecule has 0 saturated heterocycles. The van der Waals surface area contributed by atoms with Crippen LogP contribution in [0, 0.1) is 0 Å². The van der Waals surface area contributed by atoms with E-state index in [2.05, 4.69) is 215 Å². The van der Waals surface area contributed by atoms with Crippen LogP contribution in [-0.2, 0) is 22.0 Å². The number of aryl methyl sites for hydroxylation is 1. The second kappa shape index (κ2) is 22.0. The van der Waals surface area contributed by atoms with Crippen LogP contribution in [0.1, 0.15) is 170 Å². The van der Waals surface area contributed by atoms with E-state index in [1.165, 1.54) is 80.3 Å². The van der Waals surface area contributed by atoms with Crippen molar-refractivity contribution in [1.82, 2.24) is 0 Å². The quantitative estimate of drug-likeness (QED) is 0.0611. The van der Waals surface area contributed by atoms with E-state index in [0.717, 1.165) is 81.1 Å². The average Bonchev–Trinajstić information content (AvgIpc) is 3.40. The zero-order valence-electron chi connectivity index (χ0n) is 44.1. The fourth-order valence-electron chi connectivity index (χ4n) is 13.1. The fourth-order valence-corrected chi connectivity index (χ4v) is 13.1. The number of hydrogen-bond acceptors (Lipinski definition) is 4. The maximum Gasteiger partial charge on any atom is 0.159 e. The number of fused-ring (bicyclic) bond motifs is 4. The Morgan fingerprint density at radius 2 is 0.931 bits per heavy atom. The highest BCUT2D eigenvalue weighted by atomic mass is 16.3. The molecule has 2 aliphatic rings. The first kappa shape index (κ1) is 50.3. The van der Waals surface area contributed by atoms with Gasteiger partial charge in [0.15, 0.2) is 5.78 Å². The lowest BCUT2D eigenvalue weighted by molar-refractivity contribution is -0.114. The number of rotatable bonds is 20. The van der Waals surface area contributed by atoms with Crippen LogP contribution in [0.25, 0.3) is 11.1 Å². The van der Waals surface area contributed by atoms with Gasteiger partial charge in [-0.05, 0) is 156 Å². The maximum atomic E-state index is 12.2. The van der Waals surface area contributed by atoms with Crippen molar-refractivity contribution in [2.45, 2.75) is 148 Å². The van der Waals surface area contributed by atoms with Crippen molar-refractivity contribution in [3.8, 4) is 11.1 Å². The van der Waals surface area contributed by atoms with Crippen LogP contribution >= 0.6 is 0 Å². The van der Waals surface area contributed by atoms with Gasteiger partial charge in [0.1, 0.15) is 0 Å². The highest BCUT2D eigenvalue weighted by molar-refractivity contribution is 5.93. The molecule has 4 heteroatoms. The van der Waals surface area contributed by atoms with E-state index >= 15 is 0 Å².